The lowest BCUT2D eigenvalue weighted by Crippen LogP contribution is -2.45. The van der Waals surface area contributed by atoms with Gasteiger partial charge in [-0.15, -0.1) is 0 Å². The van der Waals surface area contributed by atoms with Gasteiger partial charge in [0, 0.05) is 32.2 Å². The van der Waals surface area contributed by atoms with E-state index in [0.29, 0.717) is 6.04 Å². The summed E-state index contributed by atoms with van der Waals surface area (Å²) >= 11 is 0. The van der Waals surface area contributed by atoms with E-state index in [1.807, 2.05) is 0 Å². The van der Waals surface area contributed by atoms with Crippen molar-refractivity contribution < 1.29 is 0 Å². The Kier molecular flexibility index (Phi) is 3.97. The maximum Gasteiger partial charge on any atom is 0.0377 e. The highest BCUT2D eigenvalue weighted by Crippen LogP contribution is 2.23. The van der Waals surface area contributed by atoms with Gasteiger partial charge in [-0.2, -0.15) is 0 Å². The van der Waals surface area contributed by atoms with Crippen molar-refractivity contribution >= 4 is 0 Å². The van der Waals surface area contributed by atoms with E-state index in [1.165, 1.54) is 31.7 Å². The van der Waals surface area contributed by atoms with Crippen molar-refractivity contribution in [3.05, 3.63) is 42.3 Å². The van der Waals surface area contributed by atoms with Crippen molar-refractivity contribution in [2.45, 2.75) is 13.0 Å². The molecule has 2 heteroatoms. The molecule has 1 atom stereocenters. The number of rotatable bonds is 3. The summed E-state index contributed by atoms with van der Waals surface area (Å²) in [6, 6.07) is 11.3. The molecular formula is C14H21N2. The molecule has 1 unspecified atom stereocenters. The van der Waals surface area contributed by atoms with Crippen LogP contribution in [0.3, 0.4) is 0 Å². The van der Waals surface area contributed by atoms with Crippen molar-refractivity contribution in [1.29, 1.82) is 0 Å². The molecule has 1 radical (unpaired) electrons. The Balaban J connectivity index is 2.05. The van der Waals surface area contributed by atoms with Crippen LogP contribution in [0.5, 0.6) is 0 Å². The van der Waals surface area contributed by atoms with E-state index < -0.39 is 0 Å². The van der Waals surface area contributed by atoms with Crippen LogP contribution in [0, 0.1) is 6.42 Å². The molecule has 1 heterocycles. The van der Waals surface area contributed by atoms with Crippen LogP contribution in [0.25, 0.3) is 0 Å². The van der Waals surface area contributed by atoms with Gasteiger partial charge in [-0.05, 0) is 19.0 Å². The fourth-order valence-corrected chi connectivity index (χ4v) is 2.36. The van der Waals surface area contributed by atoms with Gasteiger partial charge in [0.25, 0.3) is 0 Å². The zero-order valence-electron chi connectivity index (χ0n) is 10.3. The van der Waals surface area contributed by atoms with Crippen LogP contribution in [0.1, 0.15) is 18.5 Å². The Labute approximate surface area is 98.9 Å². The largest absolute Gasteiger partial charge is 0.304 e. The average Bonchev–Trinajstić information content (AvgIpc) is 2.34. The number of hydrogen-bond acceptors (Lipinski definition) is 2. The van der Waals surface area contributed by atoms with Gasteiger partial charge in [-0.1, -0.05) is 37.3 Å². The molecular weight excluding hydrogens is 196 g/mol. The predicted octanol–water partition coefficient (Wildman–Crippen LogP) is 2.20. The van der Waals surface area contributed by atoms with E-state index in [0.717, 1.165) is 0 Å². The number of piperazine rings is 1. The van der Waals surface area contributed by atoms with E-state index in [9.17, 15) is 0 Å². The van der Waals surface area contributed by atoms with E-state index in [4.69, 9.17) is 0 Å². The maximum absolute atomic E-state index is 2.56. The average molecular weight is 217 g/mol. The number of hydrogen-bond donors (Lipinski definition) is 0. The van der Waals surface area contributed by atoms with Gasteiger partial charge in [-0.3, -0.25) is 4.90 Å². The predicted molar refractivity (Wildman–Crippen MR) is 68.2 cm³/mol. The summed E-state index contributed by atoms with van der Waals surface area (Å²) < 4.78 is 0. The molecule has 0 saturated carbocycles. The van der Waals surface area contributed by atoms with Crippen LogP contribution in [-0.4, -0.2) is 43.0 Å². The van der Waals surface area contributed by atoms with Crippen molar-refractivity contribution in [2.24, 2.45) is 0 Å². The highest BCUT2D eigenvalue weighted by atomic mass is 15.3. The van der Waals surface area contributed by atoms with Gasteiger partial charge in [0.1, 0.15) is 0 Å². The topological polar surface area (TPSA) is 6.48 Å². The van der Waals surface area contributed by atoms with Gasteiger partial charge in [0.15, 0.2) is 0 Å². The monoisotopic (exact) mass is 217 g/mol. The second-order valence-corrected chi connectivity index (χ2v) is 4.53. The molecule has 0 aliphatic carbocycles. The molecule has 1 fully saturated rings. The molecule has 1 aliphatic heterocycles. The lowest BCUT2D eigenvalue weighted by molar-refractivity contribution is 0.124. The van der Waals surface area contributed by atoms with Gasteiger partial charge in [0.2, 0.25) is 0 Å². The van der Waals surface area contributed by atoms with Crippen LogP contribution in [0.2, 0.25) is 0 Å². The third-order valence-corrected chi connectivity index (χ3v) is 3.39. The van der Waals surface area contributed by atoms with E-state index in [-0.39, 0.29) is 0 Å². The van der Waals surface area contributed by atoms with Crippen LogP contribution in [-0.2, 0) is 0 Å². The highest BCUT2D eigenvalue weighted by molar-refractivity contribution is 5.21. The Bertz CT molecular complexity index is 302. The molecule has 87 valence electrons. The summed E-state index contributed by atoms with van der Waals surface area (Å²) in [4.78, 5) is 4.96. The lowest BCUT2D eigenvalue weighted by Gasteiger charge is -2.37. The Morgan fingerprint density at radius 2 is 1.69 bits per heavy atom. The van der Waals surface area contributed by atoms with Crippen molar-refractivity contribution in [2.75, 3.05) is 33.2 Å². The van der Waals surface area contributed by atoms with Crippen LogP contribution < -0.4 is 0 Å². The summed E-state index contributed by atoms with van der Waals surface area (Å²) in [5.41, 5.74) is 1.41. The molecule has 0 spiro atoms. The molecule has 2 nitrogen and oxygen atoms in total. The van der Waals surface area contributed by atoms with E-state index in [1.54, 1.807) is 0 Å². The molecule has 0 aromatic heterocycles. The lowest BCUT2D eigenvalue weighted by atomic mass is 10.0. The summed E-state index contributed by atoms with van der Waals surface area (Å²) in [6.45, 7) is 6.85. The van der Waals surface area contributed by atoms with E-state index >= 15 is 0 Å². The molecule has 1 aromatic rings. The fourth-order valence-electron chi connectivity index (χ4n) is 2.36. The van der Waals surface area contributed by atoms with Crippen molar-refractivity contribution in [3.8, 4) is 0 Å². The van der Waals surface area contributed by atoms with Crippen molar-refractivity contribution in [3.63, 3.8) is 0 Å². The first kappa shape index (κ1) is 11.6. The summed E-state index contributed by atoms with van der Waals surface area (Å²) in [7, 11) is 2.20. The molecule has 0 amide bonds. The highest BCUT2D eigenvalue weighted by Gasteiger charge is 2.22. The second kappa shape index (κ2) is 5.46. The fraction of sp³-hybridized carbons (Fsp3) is 0.500. The third-order valence-electron chi connectivity index (χ3n) is 3.39. The summed E-state index contributed by atoms with van der Waals surface area (Å²) in [5, 5.41) is 0. The van der Waals surface area contributed by atoms with E-state index in [2.05, 4.69) is 60.5 Å². The third kappa shape index (κ3) is 2.63. The summed E-state index contributed by atoms with van der Waals surface area (Å²) in [5.74, 6) is 0. The minimum Gasteiger partial charge on any atom is -0.304 e. The number of likely N-dealkylation sites (N-methyl/N-ethyl adjacent to an activating group) is 1. The van der Waals surface area contributed by atoms with Gasteiger partial charge < -0.3 is 4.90 Å². The summed E-state index contributed by atoms with van der Waals surface area (Å²) in [6.07, 6.45) is 2.31. The zero-order chi connectivity index (χ0) is 11.4. The molecule has 2 rings (SSSR count). The SMILES string of the molecule is C[CH]C(c1ccccc1)N1CCN(C)CC1. The standard InChI is InChI=1S/C14H21N2/c1-3-14(13-7-5-4-6-8-13)16-11-9-15(2)10-12-16/h3-8,14H,9-12H2,1-2H3. The molecule has 1 aliphatic rings. The quantitative estimate of drug-likeness (QED) is 0.766. The Morgan fingerprint density at radius 1 is 1.06 bits per heavy atom. The molecule has 0 bridgehead atoms. The Hall–Kier alpha value is -0.860. The van der Waals surface area contributed by atoms with Gasteiger partial charge >= 0.3 is 0 Å². The maximum atomic E-state index is 2.56. The van der Waals surface area contributed by atoms with Crippen LogP contribution in [0.4, 0.5) is 0 Å². The minimum absolute atomic E-state index is 0.481. The first-order chi connectivity index (χ1) is 7.81. The first-order valence-electron chi connectivity index (χ1n) is 6.08. The first-order valence-corrected chi connectivity index (χ1v) is 6.08. The molecule has 16 heavy (non-hydrogen) atoms. The van der Waals surface area contributed by atoms with Crippen LogP contribution in [0.15, 0.2) is 30.3 Å². The number of nitrogens with zero attached hydrogens (tertiary/aromatic N) is 2. The molecule has 0 N–H and O–H groups in total. The Morgan fingerprint density at radius 3 is 2.25 bits per heavy atom. The number of benzene rings is 1. The van der Waals surface area contributed by atoms with Crippen molar-refractivity contribution in [1.82, 2.24) is 9.80 Å². The molecule has 1 aromatic carbocycles. The second-order valence-electron chi connectivity index (χ2n) is 4.53. The minimum atomic E-state index is 0.481. The smallest absolute Gasteiger partial charge is 0.0377 e. The normalized spacial score (nSPS) is 20.9. The van der Waals surface area contributed by atoms with Crippen LogP contribution >= 0.6 is 0 Å². The molecule has 1 saturated heterocycles. The zero-order valence-corrected chi connectivity index (χ0v) is 10.3. The van der Waals surface area contributed by atoms with Gasteiger partial charge in [-0.25, -0.2) is 0 Å². The van der Waals surface area contributed by atoms with Gasteiger partial charge in [0.05, 0.1) is 0 Å².